The van der Waals surface area contributed by atoms with Crippen LogP contribution in [0.15, 0.2) is 24.3 Å². The zero-order valence-electron chi connectivity index (χ0n) is 12.1. The number of aliphatic hydroxyl groups is 1. The SMILES string of the molecule is CC(C)CNC[C@H](O)COCCOc1ccc(F)cc1. The number of benzene rings is 1. The van der Waals surface area contributed by atoms with Crippen molar-refractivity contribution in [1.82, 2.24) is 5.32 Å². The lowest BCUT2D eigenvalue weighted by Gasteiger charge is -2.13. The molecule has 4 nitrogen and oxygen atoms in total. The average Bonchev–Trinajstić information content (AvgIpc) is 2.40. The fourth-order valence-corrected chi connectivity index (χ4v) is 1.57. The summed E-state index contributed by atoms with van der Waals surface area (Å²) in [6, 6.07) is 5.83. The summed E-state index contributed by atoms with van der Waals surface area (Å²) in [5.41, 5.74) is 0. The van der Waals surface area contributed by atoms with Gasteiger partial charge in [0.05, 0.1) is 19.3 Å². The van der Waals surface area contributed by atoms with E-state index in [1.807, 2.05) is 0 Å². The number of rotatable bonds is 10. The van der Waals surface area contributed by atoms with Crippen molar-refractivity contribution in [2.75, 3.05) is 32.9 Å². The number of nitrogens with one attached hydrogen (secondary N) is 1. The van der Waals surface area contributed by atoms with Gasteiger partial charge in [-0.05, 0) is 36.7 Å². The zero-order chi connectivity index (χ0) is 14.8. The maximum atomic E-state index is 12.7. The Morgan fingerprint density at radius 1 is 1.15 bits per heavy atom. The summed E-state index contributed by atoms with van der Waals surface area (Å²) >= 11 is 0. The molecule has 0 saturated carbocycles. The second-order valence-corrected chi connectivity index (χ2v) is 5.08. The first-order chi connectivity index (χ1) is 9.58. The van der Waals surface area contributed by atoms with Crippen LogP contribution in [-0.4, -0.2) is 44.1 Å². The molecule has 0 heterocycles. The normalized spacial score (nSPS) is 12.7. The predicted octanol–water partition coefficient (Wildman–Crippen LogP) is 1.83. The highest BCUT2D eigenvalue weighted by Gasteiger charge is 2.04. The van der Waals surface area contributed by atoms with Gasteiger partial charge in [0.1, 0.15) is 18.2 Å². The van der Waals surface area contributed by atoms with Gasteiger partial charge in [-0.2, -0.15) is 0 Å². The molecule has 0 spiro atoms. The van der Waals surface area contributed by atoms with Crippen molar-refractivity contribution in [1.29, 1.82) is 0 Å². The van der Waals surface area contributed by atoms with E-state index in [4.69, 9.17) is 9.47 Å². The molecule has 2 N–H and O–H groups in total. The van der Waals surface area contributed by atoms with Gasteiger partial charge in [-0.1, -0.05) is 13.8 Å². The predicted molar refractivity (Wildman–Crippen MR) is 76.4 cm³/mol. The molecular weight excluding hydrogens is 261 g/mol. The van der Waals surface area contributed by atoms with E-state index in [0.717, 1.165) is 6.54 Å². The summed E-state index contributed by atoms with van der Waals surface area (Å²) in [5.74, 6) is 0.881. The van der Waals surface area contributed by atoms with Crippen molar-refractivity contribution in [2.45, 2.75) is 20.0 Å². The lowest BCUT2D eigenvalue weighted by molar-refractivity contribution is 0.0249. The van der Waals surface area contributed by atoms with Gasteiger partial charge in [-0.15, -0.1) is 0 Å². The molecule has 1 aromatic carbocycles. The van der Waals surface area contributed by atoms with E-state index in [-0.39, 0.29) is 12.4 Å². The quantitative estimate of drug-likeness (QED) is 0.644. The first kappa shape index (κ1) is 16.9. The van der Waals surface area contributed by atoms with Gasteiger partial charge >= 0.3 is 0 Å². The standard InChI is InChI=1S/C15H24FNO3/c1-12(2)9-17-10-14(18)11-19-7-8-20-15-5-3-13(16)4-6-15/h3-6,12,14,17-18H,7-11H2,1-2H3/t14-/m0/s1. The molecule has 0 aliphatic rings. The van der Waals surface area contributed by atoms with Crippen LogP contribution in [0.25, 0.3) is 0 Å². The molecule has 20 heavy (non-hydrogen) atoms. The summed E-state index contributed by atoms with van der Waals surface area (Å²) in [5, 5.41) is 12.8. The number of ether oxygens (including phenoxy) is 2. The highest BCUT2D eigenvalue weighted by molar-refractivity contribution is 5.21. The van der Waals surface area contributed by atoms with Gasteiger partial charge < -0.3 is 19.9 Å². The van der Waals surface area contributed by atoms with Gasteiger partial charge in [0, 0.05) is 6.54 Å². The minimum Gasteiger partial charge on any atom is -0.491 e. The Bertz CT molecular complexity index is 357. The first-order valence-electron chi connectivity index (χ1n) is 6.93. The third-order valence-corrected chi connectivity index (χ3v) is 2.55. The zero-order valence-corrected chi connectivity index (χ0v) is 12.1. The molecule has 114 valence electrons. The molecule has 0 radical (unpaired) electrons. The average molecular weight is 285 g/mol. The lowest BCUT2D eigenvalue weighted by Crippen LogP contribution is -2.32. The van der Waals surface area contributed by atoms with Crippen molar-refractivity contribution < 1.29 is 19.0 Å². The molecule has 0 fully saturated rings. The maximum Gasteiger partial charge on any atom is 0.123 e. The van der Waals surface area contributed by atoms with E-state index < -0.39 is 6.10 Å². The molecule has 5 heteroatoms. The maximum absolute atomic E-state index is 12.7. The summed E-state index contributed by atoms with van der Waals surface area (Å²) in [6.45, 7) is 6.67. The fraction of sp³-hybridized carbons (Fsp3) is 0.600. The monoisotopic (exact) mass is 285 g/mol. The smallest absolute Gasteiger partial charge is 0.123 e. The molecule has 1 aromatic rings. The van der Waals surface area contributed by atoms with Crippen LogP contribution in [0.4, 0.5) is 4.39 Å². The highest BCUT2D eigenvalue weighted by atomic mass is 19.1. The van der Waals surface area contributed by atoms with E-state index in [1.165, 1.54) is 12.1 Å². The van der Waals surface area contributed by atoms with E-state index in [0.29, 0.717) is 31.4 Å². The minimum absolute atomic E-state index is 0.276. The van der Waals surface area contributed by atoms with Crippen LogP contribution in [0.5, 0.6) is 5.75 Å². The Morgan fingerprint density at radius 3 is 2.50 bits per heavy atom. The van der Waals surface area contributed by atoms with Crippen molar-refractivity contribution in [3.63, 3.8) is 0 Å². The Labute approximate surface area is 119 Å². The van der Waals surface area contributed by atoms with Gasteiger partial charge in [0.2, 0.25) is 0 Å². The third kappa shape index (κ3) is 8.09. The van der Waals surface area contributed by atoms with Crippen LogP contribution >= 0.6 is 0 Å². The number of hydrogen-bond donors (Lipinski definition) is 2. The molecule has 0 bridgehead atoms. The third-order valence-electron chi connectivity index (χ3n) is 2.55. The molecule has 0 aromatic heterocycles. The van der Waals surface area contributed by atoms with Crippen molar-refractivity contribution >= 4 is 0 Å². The van der Waals surface area contributed by atoms with E-state index in [2.05, 4.69) is 19.2 Å². The molecule has 0 unspecified atom stereocenters. The van der Waals surface area contributed by atoms with Gasteiger partial charge in [-0.3, -0.25) is 0 Å². The van der Waals surface area contributed by atoms with Crippen LogP contribution in [-0.2, 0) is 4.74 Å². The van der Waals surface area contributed by atoms with Crippen LogP contribution in [0.1, 0.15) is 13.8 Å². The van der Waals surface area contributed by atoms with Gasteiger partial charge in [-0.25, -0.2) is 4.39 Å². The number of halogens is 1. The summed E-state index contributed by atoms with van der Waals surface area (Å²) in [4.78, 5) is 0. The summed E-state index contributed by atoms with van der Waals surface area (Å²) < 4.78 is 23.3. The fourth-order valence-electron chi connectivity index (χ4n) is 1.57. The van der Waals surface area contributed by atoms with Gasteiger partial charge in [0.25, 0.3) is 0 Å². The molecule has 0 aliphatic heterocycles. The van der Waals surface area contributed by atoms with Crippen molar-refractivity contribution in [3.05, 3.63) is 30.1 Å². The van der Waals surface area contributed by atoms with Crippen LogP contribution in [0.3, 0.4) is 0 Å². The Morgan fingerprint density at radius 2 is 1.85 bits per heavy atom. The van der Waals surface area contributed by atoms with Gasteiger partial charge in [0.15, 0.2) is 0 Å². The highest BCUT2D eigenvalue weighted by Crippen LogP contribution is 2.10. The van der Waals surface area contributed by atoms with E-state index >= 15 is 0 Å². The van der Waals surface area contributed by atoms with Crippen LogP contribution < -0.4 is 10.1 Å². The Kier molecular flexibility index (Phi) is 8.18. The van der Waals surface area contributed by atoms with Crippen LogP contribution in [0, 0.1) is 11.7 Å². The lowest BCUT2D eigenvalue weighted by atomic mass is 10.2. The largest absolute Gasteiger partial charge is 0.491 e. The van der Waals surface area contributed by atoms with Crippen molar-refractivity contribution in [3.8, 4) is 5.75 Å². The van der Waals surface area contributed by atoms with E-state index in [9.17, 15) is 9.50 Å². The molecule has 0 aliphatic carbocycles. The first-order valence-corrected chi connectivity index (χ1v) is 6.93. The second-order valence-electron chi connectivity index (χ2n) is 5.08. The second kappa shape index (κ2) is 9.69. The van der Waals surface area contributed by atoms with Crippen LogP contribution in [0.2, 0.25) is 0 Å². The van der Waals surface area contributed by atoms with Crippen molar-refractivity contribution in [2.24, 2.45) is 5.92 Å². The summed E-state index contributed by atoms with van der Waals surface area (Å²) in [6.07, 6.45) is -0.514. The number of hydrogen-bond acceptors (Lipinski definition) is 4. The Hall–Kier alpha value is -1.17. The van der Waals surface area contributed by atoms with E-state index in [1.54, 1.807) is 12.1 Å². The molecule has 1 atom stereocenters. The minimum atomic E-state index is -0.514. The summed E-state index contributed by atoms with van der Waals surface area (Å²) in [7, 11) is 0. The number of aliphatic hydroxyl groups excluding tert-OH is 1. The topological polar surface area (TPSA) is 50.7 Å². The molecule has 1 rings (SSSR count). The molecular formula is C15H24FNO3. The Balaban J connectivity index is 2.00. The molecule has 0 saturated heterocycles. The molecule has 0 amide bonds.